The van der Waals surface area contributed by atoms with Crippen molar-refractivity contribution < 1.29 is 9.47 Å². The number of ether oxygens (including phenoxy) is 2. The van der Waals surface area contributed by atoms with Gasteiger partial charge >= 0.3 is 0 Å². The smallest absolute Gasteiger partial charge is 0.157 e. The molecule has 0 spiro atoms. The van der Waals surface area contributed by atoms with Gasteiger partial charge in [0.1, 0.15) is 0 Å². The van der Waals surface area contributed by atoms with Crippen LogP contribution in [0.1, 0.15) is 72.1 Å². The normalized spacial score (nSPS) is 12.9. The monoisotopic (exact) mass is 230 g/mol. The molecule has 2 nitrogen and oxygen atoms in total. The number of hydrogen-bond donors (Lipinski definition) is 0. The number of unbranched alkanes of at least 4 members (excludes halogenated alkanes) is 5. The van der Waals surface area contributed by atoms with Crippen molar-refractivity contribution in [3.05, 3.63) is 0 Å². The Morgan fingerprint density at radius 2 is 1.44 bits per heavy atom. The maximum absolute atomic E-state index is 5.75. The summed E-state index contributed by atoms with van der Waals surface area (Å²) in [7, 11) is 0. The van der Waals surface area contributed by atoms with Crippen molar-refractivity contribution in [2.75, 3.05) is 13.2 Å². The first kappa shape index (κ1) is 15.9. The molecular weight excluding hydrogens is 200 g/mol. The van der Waals surface area contributed by atoms with Gasteiger partial charge in [-0.2, -0.15) is 0 Å². The van der Waals surface area contributed by atoms with E-state index in [4.69, 9.17) is 9.47 Å². The van der Waals surface area contributed by atoms with Gasteiger partial charge in [0.2, 0.25) is 0 Å². The molecule has 0 heterocycles. The zero-order valence-electron chi connectivity index (χ0n) is 11.5. The van der Waals surface area contributed by atoms with Gasteiger partial charge < -0.3 is 9.47 Å². The van der Waals surface area contributed by atoms with Crippen LogP contribution in [0.2, 0.25) is 0 Å². The van der Waals surface area contributed by atoms with Crippen molar-refractivity contribution in [2.24, 2.45) is 0 Å². The fourth-order valence-electron chi connectivity index (χ4n) is 1.71. The van der Waals surface area contributed by atoms with Gasteiger partial charge in [-0.1, -0.05) is 46.0 Å². The highest BCUT2D eigenvalue weighted by molar-refractivity contribution is 4.48. The summed E-state index contributed by atoms with van der Waals surface area (Å²) in [6, 6.07) is 0. The molecule has 0 aliphatic carbocycles. The van der Waals surface area contributed by atoms with Crippen LogP contribution in [0.4, 0.5) is 0 Å². The van der Waals surface area contributed by atoms with Crippen LogP contribution in [0.25, 0.3) is 0 Å². The quantitative estimate of drug-likeness (QED) is 0.362. The summed E-state index contributed by atoms with van der Waals surface area (Å²) >= 11 is 0. The molecule has 1 unspecified atom stereocenters. The maximum atomic E-state index is 5.75. The van der Waals surface area contributed by atoms with Crippen LogP contribution < -0.4 is 0 Å². The first-order chi connectivity index (χ1) is 7.85. The molecule has 0 saturated carbocycles. The van der Waals surface area contributed by atoms with Crippen molar-refractivity contribution in [2.45, 2.75) is 78.4 Å². The summed E-state index contributed by atoms with van der Waals surface area (Å²) in [6.45, 7) is 8.10. The van der Waals surface area contributed by atoms with Crippen molar-refractivity contribution in [1.82, 2.24) is 0 Å². The molecule has 0 aliphatic heterocycles. The lowest BCUT2D eigenvalue weighted by molar-refractivity contribution is -0.144. The second kappa shape index (κ2) is 13.0. The van der Waals surface area contributed by atoms with Crippen LogP contribution >= 0.6 is 0 Å². The van der Waals surface area contributed by atoms with Crippen molar-refractivity contribution in [3.8, 4) is 0 Å². The van der Waals surface area contributed by atoms with Crippen LogP contribution in [0.5, 0.6) is 0 Å². The average molecular weight is 230 g/mol. The summed E-state index contributed by atoms with van der Waals surface area (Å²) in [5.41, 5.74) is 0. The molecule has 0 aromatic rings. The maximum Gasteiger partial charge on any atom is 0.157 e. The molecule has 0 N–H and O–H groups in total. The van der Waals surface area contributed by atoms with Gasteiger partial charge in [0.05, 0.1) is 0 Å². The Labute approximate surface area is 102 Å². The molecule has 0 amide bonds. The van der Waals surface area contributed by atoms with Crippen LogP contribution in [0, 0.1) is 0 Å². The van der Waals surface area contributed by atoms with E-state index in [1.54, 1.807) is 0 Å². The Hall–Kier alpha value is -0.0800. The van der Waals surface area contributed by atoms with E-state index >= 15 is 0 Å². The molecule has 0 aliphatic rings. The topological polar surface area (TPSA) is 18.5 Å². The summed E-state index contributed by atoms with van der Waals surface area (Å²) in [4.78, 5) is 0. The van der Waals surface area contributed by atoms with Crippen molar-refractivity contribution in [1.29, 1.82) is 0 Å². The zero-order chi connectivity index (χ0) is 12.1. The molecule has 0 bridgehead atoms. The lowest BCUT2D eigenvalue weighted by Gasteiger charge is -2.17. The van der Waals surface area contributed by atoms with Crippen LogP contribution in [0.3, 0.4) is 0 Å². The molecular formula is C14H30O2. The van der Waals surface area contributed by atoms with E-state index in [1.165, 1.54) is 44.9 Å². The van der Waals surface area contributed by atoms with E-state index in [-0.39, 0.29) is 6.29 Å². The lowest BCUT2D eigenvalue weighted by atomic mass is 10.2. The molecule has 16 heavy (non-hydrogen) atoms. The van der Waals surface area contributed by atoms with E-state index in [0.717, 1.165) is 19.6 Å². The summed E-state index contributed by atoms with van der Waals surface area (Å²) in [5.74, 6) is 0. The van der Waals surface area contributed by atoms with Gasteiger partial charge in [-0.05, 0) is 26.2 Å². The van der Waals surface area contributed by atoms with Gasteiger partial charge in [-0.25, -0.2) is 0 Å². The molecule has 0 radical (unpaired) electrons. The van der Waals surface area contributed by atoms with E-state index in [0.29, 0.717) is 0 Å². The minimum atomic E-state index is 0.0400. The fraction of sp³-hybridized carbons (Fsp3) is 1.00. The Morgan fingerprint density at radius 1 is 0.750 bits per heavy atom. The zero-order valence-corrected chi connectivity index (χ0v) is 11.5. The molecule has 1 atom stereocenters. The fourth-order valence-corrected chi connectivity index (χ4v) is 1.71. The number of rotatable bonds is 12. The van der Waals surface area contributed by atoms with Gasteiger partial charge in [0, 0.05) is 13.2 Å². The average Bonchev–Trinajstić information content (AvgIpc) is 2.29. The second-order valence-corrected chi connectivity index (χ2v) is 4.31. The first-order valence-electron chi connectivity index (χ1n) is 7.08. The summed E-state index contributed by atoms with van der Waals surface area (Å²) in [5, 5.41) is 0. The third-order valence-electron chi connectivity index (χ3n) is 2.70. The molecule has 0 rings (SSSR count). The van der Waals surface area contributed by atoms with Crippen LogP contribution in [-0.2, 0) is 9.47 Å². The molecule has 0 aromatic carbocycles. The van der Waals surface area contributed by atoms with Crippen LogP contribution in [-0.4, -0.2) is 19.5 Å². The first-order valence-corrected chi connectivity index (χ1v) is 7.08. The third kappa shape index (κ3) is 10.4. The molecule has 2 heteroatoms. The predicted molar refractivity (Wildman–Crippen MR) is 69.7 cm³/mol. The standard InChI is InChI=1S/C14H30O2/c1-4-7-9-11-13-16-14(15-6-3)12-10-8-5-2/h14H,4-13H2,1-3H3. The summed E-state index contributed by atoms with van der Waals surface area (Å²) < 4.78 is 11.3. The lowest BCUT2D eigenvalue weighted by Crippen LogP contribution is -2.18. The predicted octanol–water partition coefficient (Wildman–Crippen LogP) is 4.53. The molecule has 0 fully saturated rings. The SMILES string of the molecule is CCCCCCOC(CCCCC)OCC. The Kier molecular flexibility index (Phi) is 12.9. The molecule has 0 saturated heterocycles. The van der Waals surface area contributed by atoms with Crippen molar-refractivity contribution >= 4 is 0 Å². The highest BCUT2D eigenvalue weighted by Gasteiger charge is 2.07. The molecule has 0 aromatic heterocycles. The third-order valence-corrected chi connectivity index (χ3v) is 2.70. The van der Waals surface area contributed by atoms with Gasteiger partial charge in [0.15, 0.2) is 6.29 Å². The Balaban J connectivity index is 3.43. The highest BCUT2D eigenvalue weighted by atomic mass is 16.7. The summed E-state index contributed by atoms with van der Waals surface area (Å²) in [6.07, 6.45) is 9.90. The minimum absolute atomic E-state index is 0.0400. The van der Waals surface area contributed by atoms with Crippen LogP contribution in [0.15, 0.2) is 0 Å². The number of hydrogen-bond acceptors (Lipinski definition) is 2. The molecule has 98 valence electrons. The Morgan fingerprint density at radius 3 is 2.06 bits per heavy atom. The van der Waals surface area contributed by atoms with E-state index in [9.17, 15) is 0 Å². The Bertz CT molecular complexity index is 126. The second-order valence-electron chi connectivity index (χ2n) is 4.31. The minimum Gasteiger partial charge on any atom is -0.353 e. The van der Waals surface area contributed by atoms with E-state index in [1.807, 2.05) is 6.92 Å². The highest BCUT2D eigenvalue weighted by Crippen LogP contribution is 2.09. The van der Waals surface area contributed by atoms with Crippen molar-refractivity contribution in [3.63, 3.8) is 0 Å². The largest absolute Gasteiger partial charge is 0.353 e. The van der Waals surface area contributed by atoms with Gasteiger partial charge in [-0.3, -0.25) is 0 Å². The van der Waals surface area contributed by atoms with E-state index in [2.05, 4.69) is 13.8 Å². The van der Waals surface area contributed by atoms with Gasteiger partial charge in [0.25, 0.3) is 0 Å². The van der Waals surface area contributed by atoms with E-state index < -0.39 is 0 Å². The van der Waals surface area contributed by atoms with Gasteiger partial charge in [-0.15, -0.1) is 0 Å².